The summed E-state index contributed by atoms with van der Waals surface area (Å²) in [5.74, 6) is -0.283. The van der Waals surface area contributed by atoms with Crippen LogP contribution in [-0.2, 0) is 13.6 Å². The number of pyridine rings is 1. The van der Waals surface area contributed by atoms with E-state index in [9.17, 15) is 4.79 Å². The lowest BCUT2D eigenvalue weighted by atomic mass is 10.0. The summed E-state index contributed by atoms with van der Waals surface area (Å²) in [6.45, 7) is 0.362. The summed E-state index contributed by atoms with van der Waals surface area (Å²) in [6, 6.07) is 23.3. The van der Waals surface area contributed by atoms with E-state index in [0.29, 0.717) is 17.9 Å². The van der Waals surface area contributed by atoms with E-state index in [2.05, 4.69) is 15.3 Å². The van der Waals surface area contributed by atoms with Gasteiger partial charge in [0.05, 0.1) is 23.4 Å². The van der Waals surface area contributed by atoms with Crippen molar-refractivity contribution in [3.05, 3.63) is 96.6 Å². The molecule has 0 aliphatic heterocycles. The molecular formula is C26H22N6O. The standard InChI is InChI=1S/C26H22N6O/c1-32-14-6-10-20(32)16-29-26(33)24-25(27)31-22(17-7-3-2-4-8-17)23(30-24)19-11-12-21-18(15-19)9-5-13-28-21/h2-15H,16H2,1H3,(H2,27,31)(H,29,33). The molecule has 0 saturated carbocycles. The van der Waals surface area contributed by atoms with Crippen molar-refractivity contribution in [2.75, 3.05) is 5.73 Å². The summed E-state index contributed by atoms with van der Waals surface area (Å²) < 4.78 is 1.95. The van der Waals surface area contributed by atoms with Crippen LogP contribution in [0.4, 0.5) is 5.82 Å². The van der Waals surface area contributed by atoms with Gasteiger partial charge in [-0.25, -0.2) is 9.97 Å². The number of nitrogens with two attached hydrogens (primary N) is 1. The fourth-order valence-corrected chi connectivity index (χ4v) is 3.77. The highest BCUT2D eigenvalue weighted by Gasteiger charge is 2.20. The van der Waals surface area contributed by atoms with Crippen LogP contribution in [0.2, 0.25) is 0 Å². The van der Waals surface area contributed by atoms with E-state index in [-0.39, 0.29) is 17.4 Å². The molecule has 0 spiro atoms. The minimum Gasteiger partial charge on any atom is -0.382 e. The Balaban J connectivity index is 1.60. The molecule has 3 N–H and O–H groups in total. The fraction of sp³-hybridized carbons (Fsp3) is 0.0769. The molecule has 3 heterocycles. The van der Waals surface area contributed by atoms with Gasteiger partial charge in [0, 0.05) is 41.6 Å². The molecule has 0 aliphatic carbocycles. The molecule has 0 radical (unpaired) electrons. The topological polar surface area (TPSA) is 98.7 Å². The predicted molar refractivity (Wildman–Crippen MR) is 129 cm³/mol. The van der Waals surface area contributed by atoms with Crippen LogP contribution >= 0.6 is 0 Å². The minimum absolute atomic E-state index is 0.0874. The molecule has 3 aromatic heterocycles. The van der Waals surface area contributed by atoms with Crippen LogP contribution in [0, 0.1) is 0 Å². The van der Waals surface area contributed by atoms with Crippen molar-refractivity contribution in [1.29, 1.82) is 0 Å². The summed E-state index contributed by atoms with van der Waals surface area (Å²) >= 11 is 0. The lowest BCUT2D eigenvalue weighted by Crippen LogP contribution is -2.26. The summed E-state index contributed by atoms with van der Waals surface area (Å²) in [6.07, 6.45) is 3.69. The van der Waals surface area contributed by atoms with E-state index in [4.69, 9.17) is 10.7 Å². The molecule has 0 atom stereocenters. The van der Waals surface area contributed by atoms with Gasteiger partial charge in [0.25, 0.3) is 5.91 Å². The van der Waals surface area contributed by atoms with Gasteiger partial charge in [-0.1, -0.05) is 42.5 Å². The van der Waals surface area contributed by atoms with Crippen LogP contribution in [0.15, 0.2) is 85.2 Å². The molecule has 0 bridgehead atoms. The molecule has 1 amide bonds. The smallest absolute Gasteiger partial charge is 0.274 e. The number of nitrogens with one attached hydrogen (secondary N) is 1. The quantitative estimate of drug-likeness (QED) is 0.432. The SMILES string of the molecule is Cn1cccc1CNC(=O)c1nc(-c2ccc3ncccc3c2)c(-c2ccccc2)nc1N. The van der Waals surface area contributed by atoms with E-state index in [1.54, 1.807) is 6.20 Å². The second-order valence-electron chi connectivity index (χ2n) is 7.72. The van der Waals surface area contributed by atoms with Crippen LogP contribution in [0.1, 0.15) is 16.2 Å². The van der Waals surface area contributed by atoms with Crippen LogP contribution in [-0.4, -0.2) is 25.4 Å². The van der Waals surface area contributed by atoms with Crippen molar-refractivity contribution in [3.63, 3.8) is 0 Å². The molecule has 162 valence electrons. The highest BCUT2D eigenvalue weighted by molar-refractivity contribution is 5.98. The number of anilines is 1. The molecule has 7 heteroatoms. The molecule has 0 aliphatic rings. The zero-order valence-corrected chi connectivity index (χ0v) is 18.1. The monoisotopic (exact) mass is 434 g/mol. The third-order valence-electron chi connectivity index (χ3n) is 5.54. The Bertz CT molecular complexity index is 1460. The minimum atomic E-state index is -0.371. The van der Waals surface area contributed by atoms with E-state index in [1.165, 1.54) is 0 Å². The Hall–Kier alpha value is -4.52. The highest BCUT2D eigenvalue weighted by Crippen LogP contribution is 2.32. The van der Waals surface area contributed by atoms with Gasteiger partial charge >= 0.3 is 0 Å². The van der Waals surface area contributed by atoms with E-state index in [0.717, 1.165) is 27.7 Å². The van der Waals surface area contributed by atoms with E-state index < -0.39 is 0 Å². The number of nitrogen functional groups attached to an aromatic ring is 1. The second-order valence-corrected chi connectivity index (χ2v) is 7.72. The van der Waals surface area contributed by atoms with Crippen LogP contribution in [0.5, 0.6) is 0 Å². The van der Waals surface area contributed by atoms with E-state index in [1.807, 2.05) is 90.6 Å². The number of carbonyl (C=O) groups excluding carboxylic acids is 1. The first-order chi connectivity index (χ1) is 16.1. The maximum Gasteiger partial charge on any atom is 0.274 e. The first-order valence-electron chi connectivity index (χ1n) is 10.6. The van der Waals surface area contributed by atoms with Crippen molar-refractivity contribution in [2.45, 2.75) is 6.54 Å². The lowest BCUT2D eigenvalue weighted by Gasteiger charge is -2.14. The van der Waals surface area contributed by atoms with Gasteiger partial charge in [-0.2, -0.15) is 0 Å². The second kappa shape index (κ2) is 8.55. The van der Waals surface area contributed by atoms with Gasteiger partial charge < -0.3 is 15.6 Å². The average molecular weight is 435 g/mol. The van der Waals surface area contributed by atoms with Gasteiger partial charge in [-0.05, 0) is 30.3 Å². The number of nitrogens with zero attached hydrogens (tertiary/aromatic N) is 4. The number of benzene rings is 2. The molecular weight excluding hydrogens is 412 g/mol. The van der Waals surface area contributed by atoms with E-state index >= 15 is 0 Å². The summed E-state index contributed by atoms with van der Waals surface area (Å²) in [4.78, 5) is 26.7. The Morgan fingerprint density at radius 1 is 0.939 bits per heavy atom. The average Bonchev–Trinajstić information content (AvgIpc) is 3.27. The van der Waals surface area contributed by atoms with Crippen molar-refractivity contribution >= 4 is 22.6 Å². The van der Waals surface area contributed by atoms with Gasteiger partial charge in [0.1, 0.15) is 0 Å². The first kappa shape index (κ1) is 20.4. The Morgan fingerprint density at radius 3 is 2.55 bits per heavy atom. The maximum absolute atomic E-state index is 13.0. The van der Waals surface area contributed by atoms with Gasteiger partial charge in [-0.15, -0.1) is 0 Å². The van der Waals surface area contributed by atoms with Crippen molar-refractivity contribution < 1.29 is 4.79 Å². The maximum atomic E-state index is 13.0. The molecule has 5 rings (SSSR count). The summed E-state index contributed by atoms with van der Waals surface area (Å²) in [5, 5.41) is 3.87. The van der Waals surface area contributed by atoms with Crippen molar-refractivity contribution in [1.82, 2.24) is 24.8 Å². The van der Waals surface area contributed by atoms with Crippen LogP contribution in [0.25, 0.3) is 33.4 Å². The first-order valence-corrected chi connectivity index (χ1v) is 10.6. The van der Waals surface area contributed by atoms with Gasteiger partial charge in [0.2, 0.25) is 0 Å². The molecule has 0 saturated heterocycles. The van der Waals surface area contributed by atoms with Gasteiger partial charge in [0.15, 0.2) is 11.5 Å². The number of rotatable bonds is 5. The van der Waals surface area contributed by atoms with Crippen molar-refractivity contribution in [2.24, 2.45) is 7.05 Å². The molecule has 0 unspecified atom stereocenters. The summed E-state index contributed by atoms with van der Waals surface area (Å²) in [5.41, 5.74) is 11.1. The number of hydrogen-bond acceptors (Lipinski definition) is 5. The highest BCUT2D eigenvalue weighted by atomic mass is 16.1. The Kier molecular flexibility index (Phi) is 5.28. The lowest BCUT2D eigenvalue weighted by molar-refractivity contribution is 0.0946. The van der Waals surface area contributed by atoms with Crippen molar-refractivity contribution in [3.8, 4) is 22.5 Å². The molecule has 5 aromatic rings. The molecule has 0 fully saturated rings. The number of fused-ring (bicyclic) bond motifs is 1. The zero-order chi connectivity index (χ0) is 22.8. The zero-order valence-electron chi connectivity index (χ0n) is 18.1. The fourth-order valence-electron chi connectivity index (χ4n) is 3.77. The number of amides is 1. The Morgan fingerprint density at radius 2 is 1.76 bits per heavy atom. The molecule has 33 heavy (non-hydrogen) atoms. The summed E-state index contributed by atoms with van der Waals surface area (Å²) in [7, 11) is 1.93. The van der Waals surface area contributed by atoms with Crippen LogP contribution < -0.4 is 11.1 Å². The normalized spacial score (nSPS) is 10.9. The number of hydrogen-bond donors (Lipinski definition) is 2. The number of aromatic nitrogens is 4. The largest absolute Gasteiger partial charge is 0.382 e. The van der Waals surface area contributed by atoms with Gasteiger partial charge in [-0.3, -0.25) is 9.78 Å². The predicted octanol–water partition coefficient (Wildman–Crippen LogP) is 4.21. The molecule has 2 aromatic carbocycles. The molecule has 7 nitrogen and oxygen atoms in total. The third-order valence-corrected chi connectivity index (χ3v) is 5.54. The van der Waals surface area contributed by atoms with Crippen LogP contribution in [0.3, 0.4) is 0 Å². The Labute approximate surface area is 191 Å². The number of carbonyl (C=O) groups is 1. The number of aryl methyl sites for hydroxylation is 1. The third kappa shape index (κ3) is 4.04.